The molecular formula is C25H19BrN2O6. The molecule has 0 aliphatic heterocycles. The molecule has 0 saturated carbocycles. The maximum Gasteiger partial charge on any atom is 0.335 e. The number of carboxylic acid groups (broad SMARTS) is 1. The molecule has 1 amide bonds. The number of nitrogens with one attached hydrogen (secondary N) is 1. The molecule has 0 radical (unpaired) electrons. The van der Waals surface area contributed by atoms with Crippen LogP contribution >= 0.6 is 15.9 Å². The first-order valence-electron chi connectivity index (χ1n) is 10.1. The molecule has 34 heavy (non-hydrogen) atoms. The van der Waals surface area contributed by atoms with E-state index in [-0.39, 0.29) is 17.9 Å². The highest BCUT2D eigenvalue weighted by Crippen LogP contribution is 2.37. The van der Waals surface area contributed by atoms with Gasteiger partial charge in [0.15, 0.2) is 17.3 Å². The number of carboxylic acids is 1. The molecule has 1 aromatic heterocycles. The Hall–Kier alpha value is -4.11. The van der Waals surface area contributed by atoms with E-state index in [2.05, 4.69) is 26.5 Å². The van der Waals surface area contributed by atoms with Gasteiger partial charge in [-0.2, -0.15) is 5.10 Å². The Kier molecular flexibility index (Phi) is 6.93. The summed E-state index contributed by atoms with van der Waals surface area (Å²) in [6.45, 7) is 0.150. The number of methoxy groups -OCH3 is 1. The summed E-state index contributed by atoms with van der Waals surface area (Å²) in [6.07, 6.45) is 1.47. The van der Waals surface area contributed by atoms with E-state index in [1.54, 1.807) is 42.5 Å². The number of benzene rings is 3. The van der Waals surface area contributed by atoms with Crippen molar-refractivity contribution in [1.82, 2.24) is 5.43 Å². The van der Waals surface area contributed by atoms with Crippen LogP contribution in [0.4, 0.5) is 0 Å². The predicted octanol–water partition coefficient (Wildman–Crippen LogP) is 5.25. The molecule has 0 bridgehead atoms. The lowest BCUT2D eigenvalue weighted by molar-refractivity contribution is 0.0696. The van der Waals surface area contributed by atoms with Crippen LogP contribution in [-0.2, 0) is 6.61 Å². The largest absolute Gasteiger partial charge is 0.493 e. The number of fused-ring (bicyclic) bond motifs is 1. The summed E-state index contributed by atoms with van der Waals surface area (Å²) >= 11 is 3.46. The van der Waals surface area contributed by atoms with Crippen molar-refractivity contribution in [2.45, 2.75) is 6.61 Å². The van der Waals surface area contributed by atoms with E-state index in [4.69, 9.17) is 19.0 Å². The first-order chi connectivity index (χ1) is 16.4. The second-order valence-corrected chi connectivity index (χ2v) is 8.03. The van der Waals surface area contributed by atoms with Crippen LogP contribution in [0.15, 0.2) is 80.7 Å². The van der Waals surface area contributed by atoms with Gasteiger partial charge in [0.25, 0.3) is 0 Å². The summed E-state index contributed by atoms with van der Waals surface area (Å²) in [7, 11) is 1.50. The van der Waals surface area contributed by atoms with Crippen LogP contribution in [0.2, 0.25) is 0 Å². The lowest BCUT2D eigenvalue weighted by Gasteiger charge is -2.13. The first kappa shape index (κ1) is 23.1. The Morgan fingerprint density at radius 2 is 1.94 bits per heavy atom. The topological polar surface area (TPSA) is 110 Å². The fourth-order valence-electron chi connectivity index (χ4n) is 3.22. The summed E-state index contributed by atoms with van der Waals surface area (Å²) in [5.74, 6) is -0.424. The minimum absolute atomic E-state index is 0.150. The van der Waals surface area contributed by atoms with Crippen molar-refractivity contribution in [2.24, 2.45) is 5.10 Å². The van der Waals surface area contributed by atoms with E-state index >= 15 is 0 Å². The number of nitrogens with zero attached hydrogens (tertiary/aromatic N) is 1. The van der Waals surface area contributed by atoms with Crippen molar-refractivity contribution in [3.63, 3.8) is 0 Å². The van der Waals surface area contributed by atoms with Gasteiger partial charge in [-0.15, -0.1) is 0 Å². The number of carbonyl (C=O) groups excluding carboxylic acids is 1. The smallest absolute Gasteiger partial charge is 0.335 e. The zero-order valence-corrected chi connectivity index (χ0v) is 19.5. The highest BCUT2D eigenvalue weighted by atomic mass is 79.9. The maximum absolute atomic E-state index is 12.3. The molecule has 1 heterocycles. The number of furan rings is 1. The fourth-order valence-corrected chi connectivity index (χ4v) is 3.79. The molecule has 0 aliphatic carbocycles. The summed E-state index contributed by atoms with van der Waals surface area (Å²) in [5, 5.41) is 14.0. The van der Waals surface area contributed by atoms with Crippen molar-refractivity contribution >= 4 is 45.0 Å². The first-order valence-corrected chi connectivity index (χ1v) is 10.9. The highest BCUT2D eigenvalue weighted by molar-refractivity contribution is 9.10. The zero-order valence-electron chi connectivity index (χ0n) is 17.9. The van der Waals surface area contributed by atoms with Crippen LogP contribution < -0.4 is 14.9 Å². The molecule has 0 fully saturated rings. The lowest BCUT2D eigenvalue weighted by atomic mass is 10.1. The molecule has 0 saturated heterocycles. The Morgan fingerprint density at radius 1 is 1.12 bits per heavy atom. The molecule has 0 unspecified atom stereocenters. The number of halogens is 1. The van der Waals surface area contributed by atoms with Gasteiger partial charge in [-0.25, -0.2) is 10.2 Å². The molecule has 9 heteroatoms. The molecule has 0 aliphatic rings. The lowest BCUT2D eigenvalue weighted by Crippen LogP contribution is -2.16. The van der Waals surface area contributed by atoms with E-state index in [0.717, 1.165) is 5.39 Å². The van der Waals surface area contributed by atoms with E-state index < -0.39 is 11.9 Å². The second kappa shape index (κ2) is 10.2. The maximum atomic E-state index is 12.3. The third-order valence-electron chi connectivity index (χ3n) is 4.84. The molecule has 0 spiro atoms. The van der Waals surface area contributed by atoms with Gasteiger partial charge in [0.05, 0.1) is 23.4 Å². The van der Waals surface area contributed by atoms with Crippen LogP contribution in [-0.4, -0.2) is 30.3 Å². The van der Waals surface area contributed by atoms with Gasteiger partial charge in [-0.1, -0.05) is 30.3 Å². The van der Waals surface area contributed by atoms with Gasteiger partial charge >= 0.3 is 11.9 Å². The fraction of sp³-hybridized carbons (Fsp3) is 0.0800. The number of ether oxygens (including phenoxy) is 2. The van der Waals surface area contributed by atoms with Crippen molar-refractivity contribution < 1.29 is 28.6 Å². The standard InChI is InChI=1S/C25H19BrN2O6/c1-32-21-11-16(13-27-28-24(29)22-12-17-6-2-3-8-20(17)34-22)10-19(26)23(21)33-14-15-5-4-7-18(9-15)25(30)31/h2-13H,14H2,1H3,(H,28,29)(H,30,31)/b27-13+. The van der Waals surface area contributed by atoms with Gasteiger partial charge < -0.3 is 19.0 Å². The Balaban J connectivity index is 1.44. The molecule has 3 aromatic carbocycles. The quantitative estimate of drug-likeness (QED) is 0.241. The van der Waals surface area contributed by atoms with Crippen molar-refractivity contribution in [1.29, 1.82) is 0 Å². The zero-order chi connectivity index (χ0) is 24.1. The molecule has 2 N–H and O–H groups in total. The average Bonchev–Trinajstić information content (AvgIpc) is 3.28. The summed E-state index contributed by atoms with van der Waals surface area (Å²) < 4.78 is 17.4. The molecule has 172 valence electrons. The van der Waals surface area contributed by atoms with Crippen molar-refractivity contribution in [3.05, 3.63) is 93.7 Å². The number of amides is 1. The minimum atomic E-state index is -1.00. The number of aromatic carboxylic acids is 1. The van der Waals surface area contributed by atoms with E-state index in [9.17, 15) is 9.59 Å². The van der Waals surface area contributed by atoms with Crippen molar-refractivity contribution in [2.75, 3.05) is 7.11 Å². The van der Waals surface area contributed by atoms with Crippen LogP contribution in [0, 0.1) is 0 Å². The van der Waals surface area contributed by atoms with Crippen LogP contribution in [0.3, 0.4) is 0 Å². The van der Waals surface area contributed by atoms with E-state index in [0.29, 0.717) is 32.7 Å². The molecule has 4 aromatic rings. The summed E-state index contributed by atoms with van der Waals surface area (Å²) in [5.41, 5.74) is 4.60. The molecule has 0 atom stereocenters. The van der Waals surface area contributed by atoms with Gasteiger partial charge in [-0.05, 0) is 63.5 Å². The number of carbonyl (C=O) groups is 2. The normalized spacial score (nSPS) is 11.0. The summed E-state index contributed by atoms with van der Waals surface area (Å²) in [4.78, 5) is 23.5. The van der Waals surface area contributed by atoms with Gasteiger partial charge in [0, 0.05) is 5.39 Å². The van der Waals surface area contributed by atoms with Crippen LogP contribution in [0.1, 0.15) is 32.0 Å². The average molecular weight is 523 g/mol. The number of hydrazone groups is 1. The predicted molar refractivity (Wildman–Crippen MR) is 130 cm³/mol. The van der Waals surface area contributed by atoms with E-state index in [1.165, 1.54) is 19.4 Å². The van der Waals surface area contributed by atoms with E-state index in [1.807, 2.05) is 18.2 Å². The minimum Gasteiger partial charge on any atom is -0.493 e. The molecule has 8 nitrogen and oxygen atoms in total. The van der Waals surface area contributed by atoms with Crippen LogP contribution in [0.5, 0.6) is 11.5 Å². The number of para-hydroxylation sites is 1. The SMILES string of the molecule is COc1cc(/C=N/NC(=O)c2cc3ccccc3o2)cc(Br)c1OCc1cccc(C(=O)O)c1. The number of hydrogen-bond donors (Lipinski definition) is 2. The van der Waals surface area contributed by atoms with Crippen molar-refractivity contribution in [3.8, 4) is 11.5 Å². The monoisotopic (exact) mass is 522 g/mol. The summed E-state index contributed by atoms with van der Waals surface area (Å²) in [6, 6.07) is 18.9. The third kappa shape index (κ3) is 5.26. The van der Waals surface area contributed by atoms with Gasteiger partial charge in [-0.3, -0.25) is 4.79 Å². The number of rotatable bonds is 8. The Bertz CT molecular complexity index is 1360. The third-order valence-corrected chi connectivity index (χ3v) is 5.43. The number of hydrogen-bond acceptors (Lipinski definition) is 6. The highest BCUT2D eigenvalue weighted by Gasteiger charge is 2.13. The molecular weight excluding hydrogens is 504 g/mol. The van der Waals surface area contributed by atoms with Gasteiger partial charge in [0.2, 0.25) is 0 Å². The second-order valence-electron chi connectivity index (χ2n) is 7.18. The van der Waals surface area contributed by atoms with Crippen LogP contribution in [0.25, 0.3) is 11.0 Å². The van der Waals surface area contributed by atoms with Gasteiger partial charge in [0.1, 0.15) is 12.2 Å². The Labute approximate surface area is 202 Å². The molecule has 4 rings (SSSR count). The Morgan fingerprint density at radius 3 is 2.71 bits per heavy atom.